The Balaban J connectivity index is 2.01. The average Bonchev–Trinajstić information content (AvgIpc) is 2.61. The second-order valence-corrected chi connectivity index (χ2v) is 5.63. The van der Waals surface area contributed by atoms with Crippen molar-refractivity contribution in [2.75, 3.05) is 5.75 Å². The van der Waals surface area contributed by atoms with Crippen LogP contribution in [0.4, 0.5) is 0 Å². The highest BCUT2D eigenvalue weighted by atomic mass is 32.2. The summed E-state index contributed by atoms with van der Waals surface area (Å²) in [5, 5.41) is 0. The van der Waals surface area contributed by atoms with Gasteiger partial charge in [0.05, 0.1) is 17.1 Å². The van der Waals surface area contributed by atoms with Crippen molar-refractivity contribution in [1.82, 2.24) is 15.0 Å². The molecule has 0 radical (unpaired) electrons. The molecule has 0 aliphatic carbocycles. The lowest BCUT2D eigenvalue weighted by Gasteiger charge is -2.08. The molecule has 0 saturated heterocycles. The molecule has 0 spiro atoms. The molecule has 0 unspecified atom stereocenters. The fourth-order valence-electron chi connectivity index (χ4n) is 2.07. The first-order valence-electron chi connectivity index (χ1n) is 6.96. The predicted octanol–water partition coefficient (Wildman–Crippen LogP) is 4.48. The van der Waals surface area contributed by atoms with E-state index in [0.29, 0.717) is 0 Å². The van der Waals surface area contributed by atoms with Crippen LogP contribution in [0.2, 0.25) is 0 Å². The zero-order valence-corrected chi connectivity index (χ0v) is 12.8. The van der Waals surface area contributed by atoms with Gasteiger partial charge in [-0.15, -0.1) is 18.3 Å². The molecule has 3 aromatic heterocycles. The number of aromatic nitrogens is 3. The lowest BCUT2D eigenvalue weighted by Crippen LogP contribution is -1.93. The molecule has 0 atom stereocenters. The van der Waals surface area contributed by atoms with E-state index in [1.54, 1.807) is 24.2 Å². The van der Waals surface area contributed by atoms with Crippen molar-refractivity contribution in [3.8, 4) is 22.8 Å². The van der Waals surface area contributed by atoms with E-state index in [0.717, 1.165) is 33.4 Å². The maximum Gasteiger partial charge on any atom is 0.102 e. The van der Waals surface area contributed by atoms with Crippen molar-refractivity contribution in [3.63, 3.8) is 0 Å². The van der Waals surface area contributed by atoms with Crippen LogP contribution in [0.15, 0.2) is 78.5 Å². The van der Waals surface area contributed by atoms with E-state index in [4.69, 9.17) is 4.98 Å². The second kappa shape index (κ2) is 7.00. The van der Waals surface area contributed by atoms with Gasteiger partial charge in [-0.25, -0.2) is 4.98 Å². The number of hydrogen-bond donors (Lipinski definition) is 0. The Morgan fingerprint density at radius 1 is 0.864 bits per heavy atom. The van der Waals surface area contributed by atoms with Crippen molar-refractivity contribution in [1.29, 1.82) is 0 Å². The third-order valence-electron chi connectivity index (χ3n) is 3.05. The largest absolute Gasteiger partial charge is 0.255 e. The Bertz CT molecular complexity index is 772. The van der Waals surface area contributed by atoms with Crippen LogP contribution in [0.5, 0.6) is 0 Å². The van der Waals surface area contributed by atoms with Crippen molar-refractivity contribution in [3.05, 3.63) is 73.6 Å². The quantitative estimate of drug-likeness (QED) is 0.514. The fraction of sp³-hybridized carbons (Fsp3) is 0.0556. The molecule has 0 fully saturated rings. The molecule has 108 valence electrons. The zero-order valence-electron chi connectivity index (χ0n) is 12.0. The highest BCUT2D eigenvalue weighted by molar-refractivity contribution is 7.99. The van der Waals surface area contributed by atoms with Gasteiger partial charge in [0.1, 0.15) is 5.69 Å². The molecule has 3 nitrogen and oxygen atoms in total. The average molecular weight is 305 g/mol. The van der Waals surface area contributed by atoms with Gasteiger partial charge in [0, 0.05) is 23.0 Å². The minimum absolute atomic E-state index is 0.846. The summed E-state index contributed by atoms with van der Waals surface area (Å²) in [5.41, 5.74) is 3.46. The van der Waals surface area contributed by atoms with Gasteiger partial charge in [0.15, 0.2) is 0 Å². The van der Waals surface area contributed by atoms with E-state index in [1.807, 2.05) is 48.5 Å². The minimum atomic E-state index is 0.846. The summed E-state index contributed by atoms with van der Waals surface area (Å²) in [6.45, 7) is 3.77. The van der Waals surface area contributed by atoms with Crippen LogP contribution in [0.3, 0.4) is 0 Å². The highest BCUT2D eigenvalue weighted by Gasteiger charge is 2.09. The lowest BCUT2D eigenvalue weighted by atomic mass is 10.2. The predicted molar refractivity (Wildman–Crippen MR) is 91.6 cm³/mol. The Labute approximate surface area is 134 Å². The third kappa shape index (κ3) is 3.23. The SMILES string of the molecule is C=CCSc1cccnc1-c1cccc(-c2ccccn2)n1. The summed E-state index contributed by atoms with van der Waals surface area (Å²) in [5.74, 6) is 0.846. The number of thioether (sulfide) groups is 1. The summed E-state index contributed by atoms with van der Waals surface area (Å²) in [6, 6.07) is 15.8. The van der Waals surface area contributed by atoms with Crippen LogP contribution in [-0.2, 0) is 0 Å². The molecule has 0 saturated carbocycles. The number of hydrogen-bond acceptors (Lipinski definition) is 4. The number of pyridine rings is 3. The third-order valence-corrected chi connectivity index (χ3v) is 4.09. The first kappa shape index (κ1) is 14.5. The van der Waals surface area contributed by atoms with Gasteiger partial charge in [0.2, 0.25) is 0 Å². The zero-order chi connectivity index (χ0) is 15.2. The van der Waals surface area contributed by atoms with Crippen LogP contribution < -0.4 is 0 Å². The minimum Gasteiger partial charge on any atom is -0.255 e. The van der Waals surface area contributed by atoms with E-state index in [1.165, 1.54) is 0 Å². The van der Waals surface area contributed by atoms with E-state index >= 15 is 0 Å². The van der Waals surface area contributed by atoms with E-state index in [9.17, 15) is 0 Å². The first-order valence-corrected chi connectivity index (χ1v) is 7.94. The van der Waals surface area contributed by atoms with Crippen LogP contribution in [0.1, 0.15) is 0 Å². The van der Waals surface area contributed by atoms with Crippen LogP contribution in [-0.4, -0.2) is 20.7 Å². The molecule has 0 aromatic carbocycles. The summed E-state index contributed by atoms with van der Waals surface area (Å²) in [4.78, 5) is 14.7. The summed E-state index contributed by atoms with van der Waals surface area (Å²) >= 11 is 1.71. The van der Waals surface area contributed by atoms with Gasteiger partial charge in [-0.1, -0.05) is 18.2 Å². The smallest absolute Gasteiger partial charge is 0.102 e. The standard InChI is InChI=1S/C18H15N3S/c1-2-13-22-17-10-6-12-20-18(17)16-9-5-8-15(21-16)14-7-3-4-11-19-14/h2-12H,1,13H2. The van der Waals surface area contributed by atoms with Gasteiger partial charge in [-0.3, -0.25) is 9.97 Å². The van der Waals surface area contributed by atoms with Crippen molar-refractivity contribution < 1.29 is 0 Å². The monoisotopic (exact) mass is 305 g/mol. The van der Waals surface area contributed by atoms with E-state index < -0.39 is 0 Å². The molecule has 3 aromatic rings. The Morgan fingerprint density at radius 3 is 2.50 bits per heavy atom. The summed E-state index contributed by atoms with van der Waals surface area (Å²) in [7, 11) is 0. The molecule has 0 bridgehead atoms. The molecule has 3 rings (SSSR count). The molecule has 0 N–H and O–H groups in total. The molecule has 4 heteroatoms. The van der Waals surface area contributed by atoms with Crippen molar-refractivity contribution in [2.24, 2.45) is 0 Å². The van der Waals surface area contributed by atoms with Crippen LogP contribution in [0.25, 0.3) is 22.8 Å². The van der Waals surface area contributed by atoms with E-state index in [-0.39, 0.29) is 0 Å². The molecule has 0 aliphatic heterocycles. The number of rotatable bonds is 5. The fourth-order valence-corrected chi connectivity index (χ4v) is 2.84. The molecule has 0 aliphatic rings. The van der Waals surface area contributed by atoms with Crippen LogP contribution in [0, 0.1) is 0 Å². The lowest BCUT2D eigenvalue weighted by molar-refractivity contribution is 1.18. The Hall–Kier alpha value is -2.46. The van der Waals surface area contributed by atoms with Gasteiger partial charge < -0.3 is 0 Å². The first-order chi connectivity index (χ1) is 10.9. The maximum absolute atomic E-state index is 4.72. The molecule has 3 heterocycles. The van der Waals surface area contributed by atoms with Crippen molar-refractivity contribution >= 4 is 11.8 Å². The van der Waals surface area contributed by atoms with Gasteiger partial charge in [0.25, 0.3) is 0 Å². The van der Waals surface area contributed by atoms with Crippen LogP contribution >= 0.6 is 11.8 Å². The molecule has 0 amide bonds. The Morgan fingerprint density at radius 2 is 1.68 bits per heavy atom. The topological polar surface area (TPSA) is 38.7 Å². The summed E-state index contributed by atoms with van der Waals surface area (Å²) in [6.07, 6.45) is 5.46. The normalized spacial score (nSPS) is 10.4. The molecule has 22 heavy (non-hydrogen) atoms. The highest BCUT2D eigenvalue weighted by Crippen LogP contribution is 2.29. The maximum atomic E-state index is 4.72. The van der Waals surface area contributed by atoms with E-state index in [2.05, 4.69) is 22.6 Å². The van der Waals surface area contributed by atoms with Crippen molar-refractivity contribution in [2.45, 2.75) is 4.90 Å². The molecular formula is C18H15N3S. The summed E-state index contributed by atoms with van der Waals surface area (Å²) < 4.78 is 0. The van der Waals surface area contributed by atoms with Gasteiger partial charge in [-0.2, -0.15) is 0 Å². The van der Waals surface area contributed by atoms with Gasteiger partial charge in [-0.05, 0) is 36.4 Å². The molecular weight excluding hydrogens is 290 g/mol. The second-order valence-electron chi connectivity index (χ2n) is 4.57. The number of nitrogens with zero attached hydrogens (tertiary/aromatic N) is 3. The van der Waals surface area contributed by atoms with Gasteiger partial charge >= 0.3 is 0 Å². The Kier molecular flexibility index (Phi) is 4.61.